The van der Waals surface area contributed by atoms with Gasteiger partial charge in [0, 0.05) is 11.3 Å². The van der Waals surface area contributed by atoms with Crippen molar-refractivity contribution in [3.8, 4) is 0 Å². The van der Waals surface area contributed by atoms with Crippen LogP contribution in [0.3, 0.4) is 0 Å². The van der Waals surface area contributed by atoms with Gasteiger partial charge in [-0.1, -0.05) is 48.5 Å². The van der Waals surface area contributed by atoms with Gasteiger partial charge in [0.15, 0.2) is 0 Å². The zero-order valence-electron chi connectivity index (χ0n) is 14.1. The van der Waals surface area contributed by atoms with E-state index in [9.17, 15) is 13.2 Å². The van der Waals surface area contributed by atoms with E-state index in [0.717, 1.165) is 10.4 Å². The topological polar surface area (TPSA) is 89.3 Å². The fourth-order valence-electron chi connectivity index (χ4n) is 2.66. The Kier molecular flexibility index (Phi) is 5.11. The molecule has 26 heavy (non-hydrogen) atoms. The Balaban J connectivity index is 1.99. The van der Waals surface area contributed by atoms with Crippen LogP contribution in [0.15, 0.2) is 65.6 Å². The van der Waals surface area contributed by atoms with Gasteiger partial charge in [0.25, 0.3) is 15.9 Å². The van der Waals surface area contributed by atoms with Crippen LogP contribution in [0.1, 0.15) is 26.4 Å². The van der Waals surface area contributed by atoms with Crippen molar-refractivity contribution >= 4 is 32.3 Å². The first-order valence-electron chi connectivity index (χ1n) is 7.92. The fourth-order valence-corrected chi connectivity index (χ4v) is 5.23. The quantitative estimate of drug-likeness (QED) is 0.679. The van der Waals surface area contributed by atoms with E-state index in [-0.39, 0.29) is 15.5 Å². The van der Waals surface area contributed by atoms with E-state index in [1.807, 2.05) is 30.3 Å². The van der Waals surface area contributed by atoms with Gasteiger partial charge in [-0.05, 0) is 30.2 Å². The Morgan fingerprint density at radius 1 is 1.04 bits per heavy atom. The minimum absolute atomic E-state index is 0.131. The average molecular weight is 386 g/mol. The van der Waals surface area contributed by atoms with Crippen molar-refractivity contribution in [2.75, 3.05) is 4.72 Å². The lowest BCUT2D eigenvalue weighted by Crippen LogP contribution is -2.17. The number of nitrogens with two attached hydrogens (primary N) is 1. The van der Waals surface area contributed by atoms with Crippen molar-refractivity contribution in [2.45, 2.75) is 18.2 Å². The number of primary amides is 1. The Hall–Kier alpha value is -2.64. The highest BCUT2D eigenvalue weighted by molar-refractivity contribution is 7.93. The zero-order chi connectivity index (χ0) is 18.7. The van der Waals surface area contributed by atoms with E-state index in [0.29, 0.717) is 12.0 Å². The van der Waals surface area contributed by atoms with Gasteiger partial charge in [-0.2, -0.15) is 0 Å². The van der Waals surface area contributed by atoms with Crippen LogP contribution in [0.25, 0.3) is 0 Å². The molecule has 0 aliphatic carbocycles. The number of anilines is 1. The van der Waals surface area contributed by atoms with Gasteiger partial charge in [-0.3, -0.25) is 9.52 Å². The molecule has 0 aliphatic heterocycles. The largest absolute Gasteiger partial charge is 0.365 e. The Bertz CT molecular complexity index is 1030. The van der Waals surface area contributed by atoms with Crippen LogP contribution >= 0.6 is 11.3 Å². The van der Waals surface area contributed by atoms with Gasteiger partial charge in [0.05, 0.1) is 10.5 Å². The molecule has 0 saturated carbocycles. The van der Waals surface area contributed by atoms with Crippen molar-refractivity contribution < 1.29 is 13.2 Å². The van der Waals surface area contributed by atoms with E-state index >= 15 is 0 Å². The van der Waals surface area contributed by atoms with E-state index in [2.05, 4.69) is 4.72 Å². The predicted octanol–water partition coefficient (Wildman–Crippen LogP) is 3.55. The highest BCUT2D eigenvalue weighted by Gasteiger charge is 2.23. The summed E-state index contributed by atoms with van der Waals surface area (Å²) in [6.07, 6.45) is 0.602. The average Bonchev–Trinajstić information content (AvgIpc) is 2.91. The van der Waals surface area contributed by atoms with Crippen molar-refractivity contribution in [1.29, 1.82) is 0 Å². The maximum Gasteiger partial charge on any atom is 0.262 e. The molecule has 3 aromatic rings. The smallest absolute Gasteiger partial charge is 0.262 e. The molecule has 0 fully saturated rings. The fraction of sp³-hybridized carbons (Fsp3) is 0.105. The lowest BCUT2D eigenvalue weighted by Gasteiger charge is -2.07. The molecule has 3 rings (SSSR count). The summed E-state index contributed by atoms with van der Waals surface area (Å²) >= 11 is 1.24. The van der Waals surface area contributed by atoms with Crippen molar-refractivity contribution in [3.05, 3.63) is 82.2 Å². The van der Waals surface area contributed by atoms with E-state index in [1.165, 1.54) is 23.5 Å². The molecule has 0 radical (unpaired) electrons. The number of benzene rings is 2. The second kappa shape index (κ2) is 7.31. The van der Waals surface area contributed by atoms with Crippen molar-refractivity contribution in [3.63, 3.8) is 0 Å². The van der Waals surface area contributed by atoms with Gasteiger partial charge in [0.2, 0.25) is 0 Å². The maximum absolute atomic E-state index is 12.6. The first-order valence-corrected chi connectivity index (χ1v) is 10.2. The number of nitrogens with one attached hydrogen (secondary N) is 1. The summed E-state index contributed by atoms with van der Waals surface area (Å²) in [6.45, 7) is 1.79. The molecule has 2 aromatic carbocycles. The monoisotopic (exact) mass is 386 g/mol. The van der Waals surface area contributed by atoms with E-state index in [4.69, 9.17) is 5.73 Å². The summed E-state index contributed by atoms with van der Waals surface area (Å²) < 4.78 is 27.7. The predicted molar refractivity (Wildman–Crippen MR) is 104 cm³/mol. The molecule has 0 bridgehead atoms. The number of rotatable bonds is 6. The third-order valence-corrected chi connectivity index (χ3v) is 6.68. The van der Waals surface area contributed by atoms with Crippen LogP contribution in [0.2, 0.25) is 0 Å². The summed E-state index contributed by atoms with van der Waals surface area (Å²) in [7, 11) is -3.79. The van der Waals surface area contributed by atoms with Crippen LogP contribution in [0.4, 0.5) is 5.00 Å². The number of carbonyl (C=O) groups excluding carboxylic acids is 1. The molecule has 3 N–H and O–H groups in total. The molecule has 0 aliphatic rings. The van der Waals surface area contributed by atoms with Crippen LogP contribution in [-0.2, 0) is 16.4 Å². The second-order valence-corrected chi connectivity index (χ2v) is 8.59. The summed E-state index contributed by atoms with van der Waals surface area (Å²) in [5.41, 5.74) is 7.52. The summed E-state index contributed by atoms with van der Waals surface area (Å²) in [5, 5.41) is 0.254. The molecule has 7 heteroatoms. The molecule has 0 spiro atoms. The van der Waals surface area contributed by atoms with Crippen molar-refractivity contribution in [1.82, 2.24) is 0 Å². The van der Waals surface area contributed by atoms with E-state index < -0.39 is 15.9 Å². The molecular formula is C19H18N2O3S2. The molecule has 0 atom stereocenters. The van der Waals surface area contributed by atoms with Crippen LogP contribution < -0.4 is 10.5 Å². The summed E-state index contributed by atoms with van der Waals surface area (Å²) in [6, 6.07) is 17.8. The molecule has 1 aromatic heterocycles. The maximum atomic E-state index is 12.6. The van der Waals surface area contributed by atoms with E-state index in [1.54, 1.807) is 25.1 Å². The Morgan fingerprint density at radius 3 is 2.19 bits per heavy atom. The summed E-state index contributed by atoms with van der Waals surface area (Å²) in [4.78, 5) is 13.0. The second-order valence-electron chi connectivity index (χ2n) is 5.80. The number of thiophene rings is 1. The SMILES string of the molecule is Cc1c(Cc2ccccc2)sc(NS(=O)(=O)c2ccccc2)c1C(N)=O. The molecule has 1 heterocycles. The zero-order valence-corrected chi connectivity index (χ0v) is 15.7. The molecular weight excluding hydrogens is 368 g/mol. The third kappa shape index (κ3) is 3.79. The number of amides is 1. The Labute approximate surface area is 156 Å². The highest BCUT2D eigenvalue weighted by atomic mass is 32.2. The van der Waals surface area contributed by atoms with Crippen LogP contribution in [-0.4, -0.2) is 14.3 Å². The molecule has 134 valence electrons. The van der Waals surface area contributed by atoms with Gasteiger partial charge in [0.1, 0.15) is 5.00 Å². The number of carbonyl (C=O) groups is 1. The van der Waals surface area contributed by atoms with Gasteiger partial charge >= 0.3 is 0 Å². The van der Waals surface area contributed by atoms with Gasteiger partial charge < -0.3 is 5.73 Å². The first-order chi connectivity index (χ1) is 12.4. The lowest BCUT2D eigenvalue weighted by atomic mass is 10.1. The van der Waals surface area contributed by atoms with Gasteiger partial charge in [-0.15, -0.1) is 11.3 Å². The highest BCUT2D eigenvalue weighted by Crippen LogP contribution is 2.35. The number of hydrogen-bond acceptors (Lipinski definition) is 4. The minimum atomic E-state index is -3.79. The first kappa shape index (κ1) is 18.2. The molecule has 5 nitrogen and oxygen atoms in total. The van der Waals surface area contributed by atoms with Crippen LogP contribution in [0, 0.1) is 6.92 Å². The lowest BCUT2D eigenvalue weighted by molar-refractivity contribution is 0.100. The normalized spacial score (nSPS) is 11.3. The Morgan fingerprint density at radius 2 is 1.62 bits per heavy atom. The number of sulfonamides is 1. The number of hydrogen-bond donors (Lipinski definition) is 2. The van der Waals surface area contributed by atoms with Crippen LogP contribution in [0.5, 0.6) is 0 Å². The summed E-state index contributed by atoms with van der Waals surface area (Å²) in [5.74, 6) is -0.649. The molecule has 1 amide bonds. The minimum Gasteiger partial charge on any atom is -0.365 e. The van der Waals surface area contributed by atoms with Gasteiger partial charge in [-0.25, -0.2) is 8.42 Å². The molecule has 0 unspecified atom stereocenters. The standard InChI is InChI=1S/C19H18N2O3S2/c1-13-16(12-14-8-4-2-5-9-14)25-19(17(13)18(20)22)21-26(23,24)15-10-6-3-7-11-15/h2-11,21H,12H2,1H3,(H2,20,22). The van der Waals surface area contributed by atoms with Crippen molar-refractivity contribution in [2.24, 2.45) is 5.73 Å². The third-order valence-electron chi connectivity index (χ3n) is 3.98. The molecule has 0 saturated heterocycles.